The number of halogens is 1. The van der Waals surface area contributed by atoms with E-state index in [1.54, 1.807) is 11.3 Å². The first-order chi connectivity index (χ1) is 14.7. The Kier molecular flexibility index (Phi) is 5.00. The largest absolute Gasteiger partial charge is 0.355 e. The van der Waals surface area contributed by atoms with Gasteiger partial charge < -0.3 is 10.6 Å². The number of piperidine rings is 1. The van der Waals surface area contributed by atoms with E-state index in [0.29, 0.717) is 0 Å². The molecule has 1 atom stereocenters. The lowest BCUT2D eigenvalue weighted by molar-refractivity contribution is 0.187. The summed E-state index contributed by atoms with van der Waals surface area (Å²) in [6.07, 6.45) is 5.02. The second-order valence-electron chi connectivity index (χ2n) is 8.53. The first-order valence-electron chi connectivity index (χ1n) is 10.5. The lowest BCUT2D eigenvalue weighted by Gasteiger charge is -2.42. The smallest absolute Gasteiger partial charge is 0.155 e. The molecule has 8 heteroatoms. The van der Waals surface area contributed by atoms with Gasteiger partial charge in [-0.05, 0) is 37.7 Å². The average molecular weight is 453 g/mol. The zero-order valence-electron chi connectivity index (χ0n) is 17.4. The van der Waals surface area contributed by atoms with Gasteiger partial charge in [0.05, 0.1) is 28.8 Å². The Bertz CT molecular complexity index is 1230. The van der Waals surface area contributed by atoms with Crippen LogP contribution in [0.5, 0.6) is 0 Å². The van der Waals surface area contributed by atoms with Crippen LogP contribution in [0.2, 0.25) is 0 Å². The van der Waals surface area contributed by atoms with E-state index in [1.807, 2.05) is 22.3 Å². The highest BCUT2D eigenvalue weighted by molar-refractivity contribution is 7.09. The molecular weight excluding hydrogens is 428 g/mol. The Balaban J connectivity index is 0.00000204. The molecule has 6 nitrogen and oxygen atoms in total. The summed E-state index contributed by atoms with van der Waals surface area (Å²) in [6, 6.07) is 12.6. The fourth-order valence-electron chi connectivity index (χ4n) is 5.27. The lowest BCUT2D eigenvalue weighted by atomic mass is 9.74. The Hall–Kier alpha value is -2.48. The summed E-state index contributed by atoms with van der Waals surface area (Å²) in [5.41, 5.74) is 14.3. The summed E-state index contributed by atoms with van der Waals surface area (Å²) in [6.45, 7) is 4.00. The molecule has 0 bridgehead atoms. The molecule has 3 aromatic heterocycles. The predicted molar refractivity (Wildman–Crippen MR) is 127 cm³/mol. The zero-order chi connectivity index (χ0) is 20.3. The van der Waals surface area contributed by atoms with E-state index >= 15 is 0 Å². The van der Waals surface area contributed by atoms with Gasteiger partial charge in [0, 0.05) is 29.6 Å². The van der Waals surface area contributed by atoms with E-state index in [0.717, 1.165) is 60.6 Å². The van der Waals surface area contributed by atoms with E-state index in [4.69, 9.17) is 10.7 Å². The van der Waals surface area contributed by atoms with Crippen molar-refractivity contribution in [3.63, 3.8) is 0 Å². The zero-order valence-corrected chi connectivity index (χ0v) is 19.0. The normalized spacial score (nSPS) is 19.5. The SMILES string of the molecule is Cc1nc(N2CCC3(CC2)Cc2ncsc2[C@H]3N)c2ccnn2c1-c1ccccc1.Cl. The number of fused-ring (bicyclic) bond motifs is 2. The van der Waals surface area contributed by atoms with Crippen LogP contribution in [-0.4, -0.2) is 32.7 Å². The van der Waals surface area contributed by atoms with Gasteiger partial charge in [0.25, 0.3) is 0 Å². The van der Waals surface area contributed by atoms with Gasteiger partial charge in [0.1, 0.15) is 5.52 Å². The molecule has 1 aromatic carbocycles. The van der Waals surface area contributed by atoms with Crippen molar-refractivity contribution in [3.8, 4) is 11.3 Å². The van der Waals surface area contributed by atoms with Crippen LogP contribution in [0.3, 0.4) is 0 Å². The van der Waals surface area contributed by atoms with Crippen molar-refractivity contribution in [1.29, 1.82) is 0 Å². The number of nitrogens with zero attached hydrogens (tertiary/aromatic N) is 5. The van der Waals surface area contributed by atoms with Gasteiger partial charge in [0.15, 0.2) is 5.82 Å². The van der Waals surface area contributed by atoms with Crippen molar-refractivity contribution < 1.29 is 0 Å². The first-order valence-corrected chi connectivity index (χ1v) is 11.4. The minimum Gasteiger partial charge on any atom is -0.355 e. The maximum atomic E-state index is 6.69. The standard InChI is InChI=1S/C23H24N6S.ClH/c1-15-19(16-5-3-2-4-6-16)29-18(7-10-26-29)22(27-15)28-11-8-23(9-12-28)13-17-20(21(23)24)30-14-25-17;/h2-7,10,14,21H,8-9,11-13,24H2,1H3;1H/t21-;/m1./s1. The second kappa shape index (κ2) is 7.58. The van der Waals surface area contributed by atoms with Gasteiger partial charge in [-0.1, -0.05) is 30.3 Å². The molecule has 1 spiro atoms. The summed E-state index contributed by atoms with van der Waals surface area (Å²) in [7, 11) is 0. The maximum absolute atomic E-state index is 6.69. The lowest BCUT2D eigenvalue weighted by Crippen LogP contribution is -2.44. The van der Waals surface area contributed by atoms with E-state index in [1.165, 1.54) is 10.6 Å². The number of thiazole rings is 1. The molecule has 0 unspecified atom stereocenters. The molecule has 6 rings (SSSR count). The van der Waals surface area contributed by atoms with E-state index in [2.05, 4.69) is 52.2 Å². The molecule has 1 aliphatic carbocycles. The van der Waals surface area contributed by atoms with Gasteiger partial charge in [-0.3, -0.25) is 0 Å². The predicted octanol–water partition coefficient (Wildman–Crippen LogP) is 4.43. The van der Waals surface area contributed by atoms with Gasteiger partial charge in [-0.15, -0.1) is 23.7 Å². The third kappa shape index (κ3) is 3.06. The molecule has 2 aliphatic rings. The summed E-state index contributed by atoms with van der Waals surface area (Å²) >= 11 is 1.72. The van der Waals surface area contributed by atoms with Crippen molar-refractivity contribution in [2.24, 2.45) is 11.1 Å². The number of aryl methyl sites for hydroxylation is 1. The van der Waals surface area contributed by atoms with Gasteiger partial charge >= 0.3 is 0 Å². The highest BCUT2D eigenvalue weighted by Gasteiger charge is 2.47. The van der Waals surface area contributed by atoms with Crippen LogP contribution >= 0.6 is 23.7 Å². The Morgan fingerprint density at radius 2 is 1.90 bits per heavy atom. The molecule has 0 radical (unpaired) electrons. The number of nitrogens with two attached hydrogens (primary N) is 1. The number of benzene rings is 1. The number of rotatable bonds is 2. The third-order valence-corrected chi connectivity index (χ3v) is 7.89. The molecule has 4 heterocycles. The minimum atomic E-state index is 0. The van der Waals surface area contributed by atoms with Crippen LogP contribution in [0.4, 0.5) is 5.82 Å². The fourth-order valence-corrected chi connectivity index (χ4v) is 6.22. The molecule has 1 fully saturated rings. The molecule has 2 N–H and O–H groups in total. The van der Waals surface area contributed by atoms with Crippen molar-refractivity contribution in [2.75, 3.05) is 18.0 Å². The van der Waals surface area contributed by atoms with Crippen LogP contribution in [0, 0.1) is 12.3 Å². The molecule has 31 heavy (non-hydrogen) atoms. The van der Waals surface area contributed by atoms with E-state index in [9.17, 15) is 0 Å². The highest BCUT2D eigenvalue weighted by Crippen LogP contribution is 2.52. The summed E-state index contributed by atoms with van der Waals surface area (Å²) in [5, 5.41) is 4.64. The quantitative estimate of drug-likeness (QED) is 0.487. The summed E-state index contributed by atoms with van der Waals surface area (Å²) in [4.78, 5) is 13.3. The van der Waals surface area contributed by atoms with Gasteiger partial charge in [0.2, 0.25) is 0 Å². The molecule has 0 amide bonds. The average Bonchev–Trinajstić information content (AvgIpc) is 3.48. The monoisotopic (exact) mass is 452 g/mol. The van der Waals surface area contributed by atoms with Crippen LogP contribution < -0.4 is 10.6 Å². The molecule has 1 aliphatic heterocycles. The minimum absolute atomic E-state index is 0. The van der Waals surface area contributed by atoms with Crippen molar-refractivity contribution in [3.05, 3.63) is 64.4 Å². The summed E-state index contributed by atoms with van der Waals surface area (Å²) < 4.78 is 2.04. The summed E-state index contributed by atoms with van der Waals surface area (Å²) in [5.74, 6) is 1.03. The third-order valence-electron chi connectivity index (χ3n) is 6.94. The van der Waals surface area contributed by atoms with Crippen molar-refractivity contribution in [2.45, 2.75) is 32.2 Å². The highest BCUT2D eigenvalue weighted by atomic mass is 35.5. The van der Waals surface area contributed by atoms with Crippen molar-refractivity contribution in [1.82, 2.24) is 19.6 Å². The Morgan fingerprint density at radius 3 is 2.65 bits per heavy atom. The second-order valence-corrected chi connectivity index (χ2v) is 9.42. The maximum Gasteiger partial charge on any atom is 0.155 e. The Labute approximate surface area is 191 Å². The molecule has 1 saturated heterocycles. The first kappa shape index (κ1) is 20.4. The van der Waals surface area contributed by atoms with Gasteiger partial charge in [-0.2, -0.15) is 5.10 Å². The van der Waals surface area contributed by atoms with Crippen LogP contribution in [0.25, 0.3) is 16.8 Å². The van der Waals surface area contributed by atoms with Crippen molar-refractivity contribution >= 4 is 35.1 Å². The topological polar surface area (TPSA) is 72.3 Å². The van der Waals surface area contributed by atoms with Crippen LogP contribution in [0.15, 0.2) is 48.1 Å². The fraction of sp³-hybridized carbons (Fsp3) is 0.348. The molecule has 4 aromatic rings. The molecule has 0 saturated carbocycles. The van der Waals surface area contributed by atoms with Crippen LogP contribution in [-0.2, 0) is 6.42 Å². The molecular formula is C23H25ClN6S. The molecule has 160 valence electrons. The van der Waals surface area contributed by atoms with Crippen LogP contribution in [0.1, 0.15) is 35.1 Å². The van der Waals surface area contributed by atoms with E-state index < -0.39 is 0 Å². The van der Waals surface area contributed by atoms with Gasteiger partial charge in [-0.25, -0.2) is 14.5 Å². The number of anilines is 1. The number of aromatic nitrogens is 4. The number of hydrogen-bond donors (Lipinski definition) is 1. The Morgan fingerprint density at radius 1 is 1.13 bits per heavy atom. The van der Waals surface area contributed by atoms with E-state index in [-0.39, 0.29) is 23.9 Å². The number of hydrogen-bond acceptors (Lipinski definition) is 6.